The van der Waals surface area contributed by atoms with Crippen molar-refractivity contribution in [2.45, 2.75) is 31.2 Å². The van der Waals surface area contributed by atoms with Crippen LogP contribution in [0.1, 0.15) is 35.2 Å². The Morgan fingerprint density at radius 3 is 2.55 bits per heavy atom. The minimum Gasteiger partial charge on any atom is -0.464 e. The van der Waals surface area contributed by atoms with Crippen LogP contribution in [0.3, 0.4) is 0 Å². The molecule has 0 aromatic heterocycles. The van der Waals surface area contributed by atoms with Crippen molar-refractivity contribution in [2.75, 3.05) is 0 Å². The van der Waals surface area contributed by atoms with E-state index < -0.39 is 17.5 Å². The smallest absolute Gasteiger partial charge is 0.422 e. The number of primary amides is 1. The molecule has 108 valence electrons. The molecular weight excluding hydrogens is 282 g/mol. The van der Waals surface area contributed by atoms with Crippen molar-refractivity contribution in [1.82, 2.24) is 5.01 Å². The Hall–Kier alpha value is -1.79. The van der Waals surface area contributed by atoms with E-state index in [1.54, 1.807) is 18.2 Å². The predicted octanol–water partition coefficient (Wildman–Crippen LogP) is 1.76. The number of benzene rings is 1. The molecule has 5 N–H and O–H groups in total. The minimum absolute atomic E-state index is 0.275. The summed E-state index contributed by atoms with van der Waals surface area (Å²) in [6.45, 7) is 0. The van der Waals surface area contributed by atoms with Crippen LogP contribution < -0.4 is 11.6 Å². The zero-order valence-electron chi connectivity index (χ0n) is 10.8. The van der Waals surface area contributed by atoms with Crippen LogP contribution in [0.4, 0.5) is 4.79 Å². The summed E-state index contributed by atoms with van der Waals surface area (Å²) in [5.74, 6) is 4.98. The highest BCUT2D eigenvalue weighted by Crippen LogP contribution is 2.44. The van der Waals surface area contributed by atoms with E-state index >= 15 is 0 Å². The number of nitrogens with zero attached hydrogens (tertiary/aromatic N) is 1. The third-order valence-electron chi connectivity index (χ3n) is 3.72. The number of carbonyl (C=O) groups excluding carboxylic acids is 1. The number of halogens is 1. The number of aryl methyl sites for hydroxylation is 1. The fraction of sp³-hybridized carbons (Fsp3) is 0.385. The summed E-state index contributed by atoms with van der Waals surface area (Å²) in [4.78, 5) is 22.1. The lowest BCUT2D eigenvalue weighted by molar-refractivity contribution is 0.1000. The first-order valence-corrected chi connectivity index (χ1v) is 6.60. The first kappa shape index (κ1) is 14.6. The maximum absolute atomic E-state index is 11.2. The number of carboxylic acid groups (broad SMARTS) is 1. The second-order valence-electron chi connectivity index (χ2n) is 5.06. The van der Waals surface area contributed by atoms with Crippen molar-refractivity contribution >= 4 is 23.6 Å². The number of rotatable bonds is 5. The number of hydrazine groups is 1. The van der Waals surface area contributed by atoms with Gasteiger partial charge in [-0.05, 0) is 43.4 Å². The second-order valence-corrected chi connectivity index (χ2v) is 5.46. The van der Waals surface area contributed by atoms with Gasteiger partial charge in [0.05, 0.1) is 16.1 Å². The van der Waals surface area contributed by atoms with Crippen LogP contribution in [-0.2, 0) is 6.42 Å². The van der Waals surface area contributed by atoms with Crippen molar-refractivity contribution < 1.29 is 14.7 Å². The quantitative estimate of drug-likeness (QED) is 0.437. The monoisotopic (exact) mass is 297 g/mol. The molecule has 1 aromatic rings. The molecular formula is C13H16ClN3O3. The molecule has 1 aliphatic carbocycles. The van der Waals surface area contributed by atoms with E-state index in [4.69, 9.17) is 28.3 Å². The molecule has 2 amide bonds. The molecule has 1 aromatic carbocycles. The van der Waals surface area contributed by atoms with Gasteiger partial charge < -0.3 is 10.8 Å². The number of carbonyl (C=O) groups is 2. The SMILES string of the molecule is NC(=O)c1cc(CCC2(N(N)C(=O)O)CC2)ccc1Cl. The Kier molecular flexibility index (Phi) is 3.87. The van der Waals surface area contributed by atoms with Gasteiger partial charge in [-0.25, -0.2) is 15.6 Å². The van der Waals surface area contributed by atoms with Crippen molar-refractivity contribution in [3.63, 3.8) is 0 Å². The van der Waals surface area contributed by atoms with Crippen LogP contribution in [0, 0.1) is 0 Å². The van der Waals surface area contributed by atoms with Gasteiger partial charge in [-0.1, -0.05) is 17.7 Å². The largest absolute Gasteiger partial charge is 0.464 e. The summed E-state index contributed by atoms with van der Waals surface area (Å²) in [6.07, 6.45) is 1.60. The molecule has 0 bridgehead atoms. The van der Waals surface area contributed by atoms with Gasteiger partial charge in [-0.2, -0.15) is 0 Å². The predicted molar refractivity (Wildman–Crippen MR) is 74.3 cm³/mol. The van der Waals surface area contributed by atoms with Gasteiger partial charge in [0.2, 0.25) is 5.91 Å². The number of nitrogens with two attached hydrogens (primary N) is 2. The zero-order valence-corrected chi connectivity index (χ0v) is 11.6. The van der Waals surface area contributed by atoms with E-state index in [1.807, 2.05) is 0 Å². The lowest BCUT2D eigenvalue weighted by atomic mass is 10.0. The average molecular weight is 298 g/mol. The molecule has 2 rings (SSSR count). The molecule has 0 atom stereocenters. The first-order valence-electron chi connectivity index (χ1n) is 6.22. The molecule has 0 saturated heterocycles. The molecule has 0 aliphatic heterocycles. The lowest BCUT2D eigenvalue weighted by Crippen LogP contribution is -2.46. The molecule has 0 radical (unpaired) electrons. The van der Waals surface area contributed by atoms with Crippen molar-refractivity contribution in [2.24, 2.45) is 11.6 Å². The zero-order chi connectivity index (χ0) is 14.9. The highest BCUT2D eigenvalue weighted by Gasteiger charge is 2.49. The Labute approximate surface area is 121 Å². The summed E-state index contributed by atoms with van der Waals surface area (Å²) in [6, 6.07) is 5.06. The molecule has 1 saturated carbocycles. The lowest BCUT2D eigenvalue weighted by Gasteiger charge is -2.24. The topological polar surface area (TPSA) is 110 Å². The molecule has 7 heteroatoms. The number of hydrogen-bond acceptors (Lipinski definition) is 3. The van der Waals surface area contributed by atoms with Gasteiger partial charge in [0.1, 0.15) is 0 Å². The van der Waals surface area contributed by atoms with Crippen molar-refractivity contribution in [3.05, 3.63) is 34.3 Å². The van der Waals surface area contributed by atoms with Gasteiger partial charge in [-0.15, -0.1) is 0 Å². The van der Waals surface area contributed by atoms with Crippen LogP contribution in [-0.4, -0.2) is 27.7 Å². The molecule has 1 fully saturated rings. The Bertz CT molecular complexity index is 558. The van der Waals surface area contributed by atoms with E-state index in [0.717, 1.165) is 23.4 Å². The summed E-state index contributed by atoms with van der Waals surface area (Å²) in [5.41, 5.74) is 5.92. The minimum atomic E-state index is -1.13. The second kappa shape index (κ2) is 5.30. The van der Waals surface area contributed by atoms with Crippen LogP contribution in [0.2, 0.25) is 5.02 Å². The molecule has 6 nitrogen and oxygen atoms in total. The fourth-order valence-corrected chi connectivity index (χ4v) is 2.46. The van der Waals surface area contributed by atoms with Gasteiger partial charge in [0, 0.05) is 0 Å². The van der Waals surface area contributed by atoms with E-state index in [-0.39, 0.29) is 5.56 Å². The van der Waals surface area contributed by atoms with Crippen molar-refractivity contribution in [3.8, 4) is 0 Å². The molecule has 1 aliphatic rings. The highest BCUT2D eigenvalue weighted by molar-refractivity contribution is 6.33. The van der Waals surface area contributed by atoms with Gasteiger partial charge in [-0.3, -0.25) is 4.79 Å². The van der Waals surface area contributed by atoms with E-state index in [2.05, 4.69) is 0 Å². The summed E-state index contributed by atoms with van der Waals surface area (Å²) in [7, 11) is 0. The summed E-state index contributed by atoms with van der Waals surface area (Å²) in [5, 5.41) is 10.1. The Balaban J connectivity index is 2.07. The molecule has 0 spiro atoms. The third kappa shape index (κ3) is 2.86. The van der Waals surface area contributed by atoms with E-state index in [0.29, 0.717) is 17.9 Å². The average Bonchev–Trinajstić information content (AvgIpc) is 3.17. The maximum Gasteiger partial charge on any atom is 0.422 e. The van der Waals surface area contributed by atoms with Crippen LogP contribution in [0.5, 0.6) is 0 Å². The highest BCUT2D eigenvalue weighted by atomic mass is 35.5. The van der Waals surface area contributed by atoms with E-state index in [9.17, 15) is 9.59 Å². The van der Waals surface area contributed by atoms with Crippen LogP contribution >= 0.6 is 11.6 Å². The molecule has 20 heavy (non-hydrogen) atoms. The molecule has 0 unspecified atom stereocenters. The number of hydrogen-bond donors (Lipinski definition) is 3. The Morgan fingerprint density at radius 2 is 2.05 bits per heavy atom. The normalized spacial score (nSPS) is 15.7. The summed E-state index contributed by atoms with van der Waals surface area (Å²) >= 11 is 5.88. The van der Waals surface area contributed by atoms with Gasteiger partial charge in [0.25, 0.3) is 0 Å². The first-order chi connectivity index (χ1) is 9.35. The van der Waals surface area contributed by atoms with Crippen molar-refractivity contribution in [1.29, 1.82) is 0 Å². The molecule has 0 heterocycles. The van der Waals surface area contributed by atoms with E-state index in [1.165, 1.54) is 0 Å². The standard InChI is InChI=1S/C13H16ClN3O3/c14-10-2-1-8(7-9(10)11(15)18)3-4-13(5-6-13)17(16)12(19)20/h1-2,7H,3-6,16H2,(H2,15,18)(H,19,20). The maximum atomic E-state index is 11.2. The third-order valence-corrected chi connectivity index (χ3v) is 4.05. The van der Waals surface area contributed by atoms with Crippen LogP contribution in [0.15, 0.2) is 18.2 Å². The number of amides is 2. The fourth-order valence-electron chi connectivity index (χ4n) is 2.25. The van der Waals surface area contributed by atoms with Crippen LogP contribution in [0.25, 0.3) is 0 Å². The van der Waals surface area contributed by atoms with Gasteiger partial charge in [0.15, 0.2) is 0 Å². The van der Waals surface area contributed by atoms with Gasteiger partial charge >= 0.3 is 6.09 Å². The summed E-state index contributed by atoms with van der Waals surface area (Å²) < 4.78 is 0. The Morgan fingerprint density at radius 1 is 1.40 bits per heavy atom.